The SMILES string of the molecule is CCOC(=O)c1ccc(N2C(=O)[C@H]3[C@@H](ON(c4ccccc4)[C@H]3c3ccco3)C2=O)cc1. The van der Waals surface area contributed by atoms with Crippen LogP contribution in [0.3, 0.4) is 0 Å². The Morgan fingerprint density at radius 3 is 2.34 bits per heavy atom. The molecule has 1 aromatic heterocycles. The van der Waals surface area contributed by atoms with Crippen molar-refractivity contribution in [3.63, 3.8) is 0 Å². The highest BCUT2D eigenvalue weighted by atomic mass is 16.7. The van der Waals surface area contributed by atoms with Crippen LogP contribution in [0.1, 0.15) is 29.1 Å². The van der Waals surface area contributed by atoms with Gasteiger partial charge in [0.15, 0.2) is 6.10 Å². The molecule has 8 heteroatoms. The molecule has 0 bridgehead atoms. The number of hydroxylamine groups is 1. The first-order chi connectivity index (χ1) is 15.6. The zero-order valence-corrected chi connectivity index (χ0v) is 17.2. The van der Waals surface area contributed by atoms with E-state index < -0.39 is 29.9 Å². The van der Waals surface area contributed by atoms with Crippen LogP contribution in [0.15, 0.2) is 77.4 Å². The van der Waals surface area contributed by atoms with Crippen LogP contribution < -0.4 is 9.96 Å². The molecule has 0 radical (unpaired) electrons. The van der Waals surface area contributed by atoms with Gasteiger partial charge in [-0.05, 0) is 55.5 Å². The second-order valence-corrected chi connectivity index (χ2v) is 7.45. The summed E-state index contributed by atoms with van der Waals surface area (Å²) in [5.74, 6) is -1.56. The number of anilines is 2. The number of hydrogen-bond donors (Lipinski definition) is 0. The summed E-state index contributed by atoms with van der Waals surface area (Å²) < 4.78 is 10.6. The summed E-state index contributed by atoms with van der Waals surface area (Å²) in [6.45, 7) is 1.98. The minimum absolute atomic E-state index is 0.260. The first-order valence-corrected chi connectivity index (χ1v) is 10.3. The summed E-state index contributed by atoms with van der Waals surface area (Å²) in [4.78, 5) is 45.8. The topological polar surface area (TPSA) is 89.3 Å². The number of fused-ring (bicyclic) bond motifs is 1. The molecule has 0 aliphatic carbocycles. The second-order valence-electron chi connectivity index (χ2n) is 7.45. The highest BCUT2D eigenvalue weighted by Crippen LogP contribution is 2.47. The monoisotopic (exact) mass is 432 g/mol. The highest BCUT2D eigenvalue weighted by Gasteiger charge is 2.61. The van der Waals surface area contributed by atoms with Crippen LogP contribution in [0, 0.1) is 5.92 Å². The number of carbonyl (C=O) groups is 3. The van der Waals surface area contributed by atoms with Crippen molar-refractivity contribution in [1.82, 2.24) is 0 Å². The van der Waals surface area contributed by atoms with Gasteiger partial charge in [-0.25, -0.2) is 14.8 Å². The van der Waals surface area contributed by atoms with E-state index in [0.717, 1.165) is 4.90 Å². The summed E-state index contributed by atoms with van der Waals surface area (Å²) in [5.41, 5.74) is 1.43. The van der Waals surface area contributed by atoms with E-state index >= 15 is 0 Å². The number of rotatable bonds is 5. The van der Waals surface area contributed by atoms with Crippen LogP contribution in [0.5, 0.6) is 0 Å². The molecule has 3 heterocycles. The Hall–Kier alpha value is -3.91. The van der Waals surface area contributed by atoms with E-state index in [1.807, 2.05) is 30.3 Å². The number of hydrogen-bond acceptors (Lipinski definition) is 7. The fourth-order valence-electron chi connectivity index (χ4n) is 4.18. The molecular weight excluding hydrogens is 412 g/mol. The third kappa shape index (κ3) is 3.16. The summed E-state index contributed by atoms with van der Waals surface area (Å²) >= 11 is 0. The molecule has 2 aliphatic heterocycles. The van der Waals surface area contributed by atoms with Crippen molar-refractivity contribution in [1.29, 1.82) is 0 Å². The molecule has 3 aromatic rings. The third-order valence-electron chi connectivity index (χ3n) is 5.60. The molecule has 0 N–H and O–H groups in total. The van der Waals surface area contributed by atoms with Crippen molar-refractivity contribution in [2.75, 3.05) is 16.6 Å². The Balaban J connectivity index is 1.48. The minimum atomic E-state index is -0.984. The average Bonchev–Trinajstić information content (AvgIpc) is 3.52. The van der Waals surface area contributed by atoms with E-state index in [1.54, 1.807) is 36.3 Å². The maximum absolute atomic E-state index is 13.5. The number of nitrogens with zero attached hydrogens (tertiary/aromatic N) is 2. The van der Waals surface area contributed by atoms with Gasteiger partial charge in [-0.1, -0.05) is 18.2 Å². The predicted octanol–water partition coefficient (Wildman–Crippen LogP) is 3.51. The first-order valence-electron chi connectivity index (χ1n) is 10.3. The molecule has 0 unspecified atom stereocenters. The highest BCUT2D eigenvalue weighted by molar-refractivity contribution is 6.24. The smallest absolute Gasteiger partial charge is 0.338 e. The number of imide groups is 1. The summed E-state index contributed by atoms with van der Waals surface area (Å²) in [6, 6.07) is 18.3. The van der Waals surface area contributed by atoms with Gasteiger partial charge in [0.2, 0.25) is 5.91 Å². The molecule has 8 nitrogen and oxygen atoms in total. The van der Waals surface area contributed by atoms with Gasteiger partial charge in [0.1, 0.15) is 17.7 Å². The molecule has 0 spiro atoms. The van der Waals surface area contributed by atoms with E-state index in [-0.39, 0.29) is 12.5 Å². The van der Waals surface area contributed by atoms with Crippen LogP contribution in [0.4, 0.5) is 11.4 Å². The molecular formula is C24H20N2O6. The van der Waals surface area contributed by atoms with Crippen molar-refractivity contribution in [3.8, 4) is 0 Å². The van der Waals surface area contributed by atoms with E-state index in [1.165, 1.54) is 18.4 Å². The zero-order chi connectivity index (χ0) is 22.2. The number of ether oxygens (including phenoxy) is 1. The van der Waals surface area contributed by atoms with E-state index in [0.29, 0.717) is 22.7 Å². The normalized spacial score (nSPS) is 22.3. The maximum atomic E-state index is 13.5. The molecule has 2 amide bonds. The summed E-state index contributed by atoms with van der Waals surface area (Å²) in [5, 5.41) is 1.57. The molecule has 5 rings (SSSR count). The van der Waals surface area contributed by atoms with Crippen LogP contribution in [-0.2, 0) is 19.2 Å². The largest absolute Gasteiger partial charge is 0.467 e. The predicted molar refractivity (Wildman–Crippen MR) is 114 cm³/mol. The lowest BCUT2D eigenvalue weighted by atomic mass is 9.94. The van der Waals surface area contributed by atoms with Gasteiger partial charge in [0, 0.05) is 0 Å². The van der Waals surface area contributed by atoms with Gasteiger partial charge in [-0.3, -0.25) is 14.4 Å². The number of esters is 1. The Bertz CT molecular complexity index is 1140. The van der Waals surface area contributed by atoms with Crippen molar-refractivity contribution in [2.45, 2.75) is 19.1 Å². The van der Waals surface area contributed by atoms with Gasteiger partial charge in [-0.15, -0.1) is 0 Å². The summed E-state index contributed by atoms with van der Waals surface area (Å²) in [6.07, 6.45) is 0.543. The standard InChI is InChI=1S/C24H20N2O6/c1-2-30-24(29)15-10-12-16(13-11-15)25-22(27)19-20(18-9-6-14-31-18)26(32-21(19)23(25)28)17-7-4-3-5-8-17/h3-14,19-21H,2H2,1H3/t19-,20+,21-/m1/s1. The second kappa shape index (κ2) is 7.97. The third-order valence-corrected chi connectivity index (χ3v) is 5.60. The number of benzene rings is 2. The van der Waals surface area contributed by atoms with Crippen LogP contribution in [0.2, 0.25) is 0 Å². The van der Waals surface area contributed by atoms with Gasteiger partial charge in [-0.2, -0.15) is 0 Å². The van der Waals surface area contributed by atoms with E-state index in [4.69, 9.17) is 14.0 Å². The van der Waals surface area contributed by atoms with Crippen molar-refractivity contribution in [2.24, 2.45) is 5.92 Å². The van der Waals surface area contributed by atoms with Crippen molar-refractivity contribution in [3.05, 3.63) is 84.3 Å². The molecule has 0 saturated carbocycles. The fourth-order valence-corrected chi connectivity index (χ4v) is 4.18. The molecule has 32 heavy (non-hydrogen) atoms. The van der Waals surface area contributed by atoms with Crippen LogP contribution in [0.25, 0.3) is 0 Å². The van der Waals surface area contributed by atoms with Crippen molar-refractivity contribution >= 4 is 29.2 Å². The van der Waals surface area contributed by atoms with E-state index in [9.17, 15) is 14.4 Å². The zero-order valence-electron chi connectivity index (χ0n) is 17.2. The molecule has 3 atom stereocenters. The maximum Gasteiger partial charge on any atom is 0.338 e. The number of para-hydroxylation sites is 1. The molecule has 2 aromatic carbocycles. The lowest BCUT2D eigenvalue weighted by molar-refractivity contribution is -0.126. The lowest BCUT2D eigenvalue weighted by Crippen LogP contribution is -2.37. The number of furan rings is 1. The van der Waals surface area contributed by atoms with Crippen LogP contribution >= 0.6 is 0 Å². The van der Waals surface area contributed by atoms with Crippen molar-refractivity contribution < 1.29 is 28.4 Å². The molecule has 2 fully saturated rings. The Kier molecular flexibility index (Phi) is 4.99. The van der Waals surface area contributed by atoms with E-state index in [2.05, 4.69) is 0 Å². The molecule has 162 valence electrons. The van der Waals surface area contributed by atoms with Gasteiger partial charge >= 0.3 is 5.97 Å². The van der Waals surface area contributed by atoms with Gasteiger partial charge in [0.05, 0.1) is 29.8 Å². The minimum Gasteiger partial charge on any atom is -0.467 e. The lowest BCUT2D eigenvalue weighted by Gasteiger charge is -2.27. The Morgan fingerprint density at radius 2 is 1.69 bits per heavy atom. The fraction of sp³-hybridized carbons (Fsp3) is 0.208. The average molecular weight is 432 g/mol. The Morgan fingerprint density at radius 1 is 0.938 bits per heavy atom. The van der Waals surface area contributed by atoms with Crippen LogP contribution in [-0.4, -0.2) is 30.5 Å². The molecule has 2 saturated heterocycles. The number of amides is 2. The van der Waals surface area contributed by atoms with Gasteiger partial charge in [0.25, 0.3) is 5.91 Å². The molecule has 2 aliphatic rings. The number of carbonyl (C=O) groups excluding carboxylic acids is 3. The first kappa shape index (κ1) is 20.0. The quantitative estimate of drug-likeness (QED) is 0.450. The Labute approximate surface area is 183 Å². The summed E-state index contributed by atoms with van der Waals surface area (Å²) in [7, 11) is 0. The van der Waals surface area contributed by atoms with Gasteiger partial charge < -0.3 is 9.15 Å².